The SMILES string of the molecule is CC(C)(C)c1ccc(C(=O)Nc2c(C(=O)O)oc3cc(Cl)ccc23)cc1. The molecule has 0 spiro atoms. The lowest BCUT2D eigenvalue weighted by Gasteiger charge is -2.19. The summed E-state index contributed by atoms with van der Waals surface area (Å²) in [6.07, 6.45) is 0. The van der Waals surface area contributed by atoms with Crippen LogP contribution in [-0.4, -0.2) is 17.0 Å². The number of rotatable bonds is 3. The average molecular weight is 372 g/mol. The predicted octanol–water partition coefficient (Wildman–Crippen LogP) is 5.33. The summed E-state index contributed by atoms with van der Waals surface area (Å²) < 4.78 is 5.34. The van der Waals surface area contributed by atoms with Crippen LogP contribution in [-0.2, 0) is 5.41 Å². The van der Waals surface area contributed by atoms with Gasteiger partial charge in [0.15, 0.2) is 0 Å². The van der Waals surface area contributed by atoms with E-state index in [9.17, 15) is 14.7 Å². The van der Waals surface area contributed by atoms with E-state index in [0.29, 0.717) is 21.6 Å². The van der Waals surface area contributed by atoms with Crippen molar-refractivity contribution in [2.75, 3.05) is 5.32 Å². The predicted molar refractivity (Wildman–Crippen MR) is 101 cm³/mol. The number of fused-ring (bicyclic) bond motifs is 1. The van der Waals surface area contributed by atoms with Crippen molar-refractivity contribution in [3.05, 3.63) is 64.4 Å². The number of carboxylic acid groups (broad SMARTS) is 1. The van der Waals surface area contributed by atoms with Crippen molar-refractivity contribution in [3.8, 4) is 0 Å². The molecule has 26 heavy (non-hydrogen) atoms. The van der Waals surface area contributed by atoms with E-state index in [1.165, 1.54) is 6.07 Å². The highest BCUT2D eigenvalue weighted by molar-refractivity contribution is 6.31. The number of furan rings is 1. The Morgan fingerprint density at radius 2 is 1.73 bits per heavy atom. The number of halogens is 1. The molecule has 0 saturated carbocycles. The average Bonchev–Trinajstić information content (AvgIpc) is 2.92. The molecule has 2 aromatic carbocycles. The quantitative estimate of drug-likeness (QED) is 0.651. The first-order valence-corrected chi connectivity index (χ1v) is 8.42. The smallest absolute Gasteiger partial charge is 0.374 e. The minimum atomic E-state index is -1.27. The molecule has 0 radical (unpaired) electrons. The summed E-state index contributed by atoms with van der Waals surface area (Å²) >= 11 is 5.92. The summed E-state index contributed by atoms with van der Waals surface area (Å²) in [5, 5.41) is 12.9. The maximum Gasteiger partial charge on any atom is 0.374 e. The van der Waals surface area contributed by atoms with Gasteiger partial charge in [0, 0.05) is 22.0 Å². The van der Waals surface area contributed by atoms with Crippen molar-refractivity contribution in [1.82, 2.24) is 0 Å². The number of carboxylic acids is 1. The molecule has 0 atom stereocenters. The number of hydrogen-bond donors (Lipinski definition) is 2. The molecule has 0 fully saturated rings. The van der Waals surface area contributed by atoms with Gasteiger partial charge in [0.2, 0.25) is 5.76 Å². The molecular weight excluding hydrogens is 354 g/mol. The lowest BCUT2D eigenvalue weighted by atomic mass is 9.87. The number of amides is 1. The van der Waals surface area contributed by atoms with Crippen LogP contribution in [0.4, 0.5) is 5.69 Å². The van der Waals surface area contributed by atoms with E-state index in [-0.39, 0.29) is 16.9 Å². The molecule has 0 unspecified atom stereocenters. The number of aromatic carboxylic acids is 1. The van der Waals surface area contributed by atoms with Crippen molar-refractivity contribution in [2.24, 2.45) is 0 Å². The van der Waals surface area contributed by atoms with Crippen LogP contribution in [0.1, 0.15) is 47.2 Å². The molecule has 5 nitrogen and oxygen atoms in total. The zero-order valence-corrected chi connectivity index (χ0v) is 15.3. The molecule has 0 bridgehead atoms. The second-order valence-electron chi connectivity index (χ2n) is 7.03. The third kappa shape index (κ3) is 3.44. The van der Waals surface area contributed by atoms with Crippen LogP contribution in [0.15, 0.2) is 46.9 Å². The molecule has 6 heteroatoms. The first-order chi connectivity index (χ1) is 12.2. The number of hydrogen-bond acceptors (Lipinski definition) is 3. The number of anilines is 1. The van der Waals surface area contributed by atoms with Crippen molar-refractivity contribution in [3.63, 3.8) is 0 Å². The van der Waals surface area contributed by atoms with Crippen LogP contribution >= 0.6 is 11.6 Å². The largest absolute Gasteiger partial charge is 0.475 e. The second-order valence-corrected chi connectivity index (χ2v) is 7.47. The molecule has 1 heterocycles. The zero-order chi connectivity index (χ0) is 19.1. The van der Waals surface area contributed by atoms with E-state index in [1.807, 2.05) is 12.1 Å². The van der Waals surface area contributed by atoms with E-state index in [4.69, 9.17) is 16.0 Å². The number of nitrogens with one attached hydrogen (secondary N) is 1. The van der Waals surface area contributed by atoms with Crippen molar-refractivity contribution < 1.29 is 19.1 Å². The second kappa shape index (κ2) is 6.50. The molecule has 0 aliphatic rings. The Morgan fingerprint density at radius 1 is 1.08 bits per heavy atom. The number of carbonyl (C=O) groups excluding carboxylic acids is 1. The van der Waals surface area contributed by atoms with Gasteiger partial charge in [-0.1, -0.05) is 44.5 Å². The first-order valence-electron chi connectivity index (χ1n) is 8.04. The van der Waals surface area contributed by atoms with E-state index in [0.717, 1.165) is 5.56 Å². The minimum Gasteiger partial charge on any atom is -0.475 e. The molecule has 0 aliphatic carbocycles. The Morgan fingerprint density at radius 3 is 2.31 bits per heavy atom. The molecule has 0 saturated heterocycles. The number of carbonyl (C=O) groups is 2. The lowest BCUT2D eigenvalue weighted by molar-refractivity contribution is 0.0666. The monoisotopic (exact) mass is 371 g/mol. The summed E-state index contributed by atoms with van der Waals surface area (Å²) in [6, 6.07) is 12.0. The van der Waals surface area contributed by atoms with Gasteiger partial charge in [-0.05, 0) is 35.2 Å². The highest BCUT2D eigenvalue weighted by Crippen LogP contribution is 2.33. The van der Waals surface area contributed by atoms with Crippen LogP contribution in [0.3, 0.4) is 0 Å². The van der Waals surface area contributed by atoms with Crippen LogP contribution in [0.2, 0.25) is 5.02 Å². The summed E-state index contributed by atoms with van der Waals surface area (Å²) in [7, 11) is 0. The topological polar surface area (TPSA) is 79.5 Å². The van der Waals surface area contributed by atoms with Gasteiger partial charge in [0.05, 0.1) is 0 Å². The third-order valence-electron chi connectivity index (χ3n) is 4.10. The standard InChI is InChI=1S/C20H18ClNO4/c1-20(2,3)12-6-4-11(5-7-12)18(23)22-16-14-9-8-13(21)10-15(14)26-17(16)19(24)25/h4-10H,1-3H3,(H,22,23)(H,24,25). The summed E-state index contributed by atoms with van der Waals surface area (Å²) in [5.74, 6) is -2.01. The third-order valence-corrected chi connectivity index (χ3v) is 4.33. The van der Waals surface area contributed by atoms with Gasteiger partial charge in [-0.2, -0.15) is 0 Å². The Labute approximate surface area is 155 Å². The Bertz CT molecular complexity index is 997. The summed E-state index contributed by atoms with van der Waals surface area (Å²) in [6.45, 7) is 6.26. The fourth-order valence-electron chi connectivity index (χ4n) is 2.65. The van der Waals surface area contributed by atoms with Gasteiger partial charge in [0.25, 0.3) is 5.91 Å². The van der Waals surface area contributed by atoms with E-state index in [2.05, 4.69) is 26.1 Å². The van der Waals surface area contributed by atoms with Crippen LogP contribution in [0.5, 0.6) is 0 Å². The van der Waals surface area contributed by atoms with Crippen molar-refractivity contribution in [2.45, 2.75) is 26.2 Å². The highest BCUT2D eigenvalue weighted by Gasteiger charge is 2.22. The molecule has 1 amide bonds. The fraction of sp³-hybridized carbons (Fsp3) is 0.200. The molecule has 3 rings (SSSR count). The zero-order valence-electron chi connectivity index (χ0n) is 14.6. The number of benzene rings is 2. The summed E-state index contributed by atoms with van der Waals surface area (Å²) in [5.41, 5.74) is 1.93. The molecule has 3 aromatic rings. The van der Waals surface area contributed by atoms with Crippen LogP contribution < -0.4 is 5.32 Å². The summed E-state index contributed by atoms with van der Waals surface area (Å²) in [4.78, 5) is 24.1. The van der Waals surface area contributed by atoms with Gasteiger partial charge in [-0.3, -0.25) is 4.79 Å². The Kier molecular flexibility index (Phi) is 4.50. The maximum absolute atomic E-state index is 12.6. The van der Waals surface area contributed by atoms with Crippen LogP contribution in [0.25, 0.3) is 11.0 Å². The normalized spacial score (nSPS) is 11.5. The molecule has 2 N–H and O–H groups in total. The van der Waals surface area contributed by atoms with Gasteiger partial charge >= 0.3 is 5.97 Å². The van der Waals surface area contributed by atoms with Crippen LogP contribution in [0, 0.1) is 0 Å². The van der Waals surface area contributed by atoms with E-state index in [1.54, 1.807) is 24.3 Å². The molecule has 0 aliphatic heterocycles. The highest BCUT2D eigenvalue weighted by atomic mass is 35.5. The van der Waals surface area contributed by atoms with Crippen molar-refractivity contribution >= 4 is 40.1 Å². The van der Waals surface area contributed by atoms with Gasteiger partial charge in [-0.25, -0.2) is 4.79 Å². The van der Waals surface area contributed by atoms with E-state index >= 15 is 0 Å². The van der Waals surface area contributed by atoms with Crippen molar-refractivity contribution in [1.29, 1.82) is 0 Å². The molecule has 134 valence electrons. The lowest BCUT2D eigenvalue weighted by Crippen LogP contribution is -2.15. The maximum atomic E-state index is 12.6. The van der Waals surface area contributed by atoms with Gasteiger partial charge < -0.3 is 14.8 Å². The Balaban J connectivity index is 1.96. The minimum absolute atomic E-state index is 0.0223. The Hall–Kier alpha value is -2.79. The van der Waals surface area contributed by atoms with Gasteiger partial charge in [-0.15, -0.1) is 0 Å². The van der Waals surface area contributed by atoms with E-state index < -0.39 is 11.9 Å². The first kappa shape index (κ1) is 18.0. The molecular formula is C20H18ClNO4. The van der Waals surface area contributed by atoms with Gasteiger partial charge in [0.1, 0.15) is 11.3 Å². The molecule has 1 aromatic heterocycles. The fourth-order valence-corrected chi connectivity index (χ4v) is 2.81.